The molecule has 36 heavy (non-hydrogen) atoms. The summed E-state index contributed by atoms with van der Waals surface area (Å²) in [6.07, 6.45) is 0.821. The van der Waals surface area contributed by atoms with Crippen LogP contribution in [0.3, 0.4) is 0 Å². The number of pyridine rings is 1. The van der Waals surface area contributed by atoms with E-state index in [0.717, 1.165) is 45.3 Å². The fraction of sp³-hybridized carbons (Fsp3) is 0.0667. The molecule has 176 valence electrons. The Bertz CT molecular complexity index is 1580. The molecule has 0 aliphatic heterocycles. The molecule has 5 aromatic rings. The summed E-state index contributed by atoms with van der Waals surface area (Å²) in [6, 6.07) is 31.5. The highest BCUT2D eigenvalue weighted by Gasteiger charge is 2.15. The third-order valence-corrected chi connectivity index (χ3v) is 6.18. The van der Waals surface area contributed by atoms with Crippen LogP contribution < -0.4 is 5.32 Å². The van der Waals surface area contributed by atoms with Gasteiger partial charge in [-0.25, -0.2) is 4.98 Å². The van der Waals surface area contributed by atoms with Crippen molar-refractivity contribution in [3.63, 3.8) is 0 Å². The number of rotatable bonds is 6. The molecule has 0 atom stereocenters. The zero-order valence-electron chi connectivity index (χ0n) is 19.6. The maximum Gasteiger partial charge on any atom is 0.269 e. The first-order chi connectivity index (χ1) is 17.5. The topological polar surface area (TPSA) is 85.1 Å². The molecule has 0 radical (unpaired) electrons. The van der Waals surface area contributed by atoms with Crippen molar-refractivity contribution in [1.82, 2.24) is 4.98 Å². The standard InChI is InChI=1S/C30H23N3O3/c1-2-20-8-6-7-11-27(20)32-30(34)23-14-17-28-26(18-23)25(21-9-4-3-5-10-21)19-29(31-28)22-12-15-24(16-13-22)33(35)36/h3-19H,2H2,1H3,(H,32,34). The van der Waals surface area contributed by atoms with Gasteiger partial charge >= 0.3 is 0 Å². The smallest absolute Gasteiger partial charge is 0.269 e. The number of carbonyl (C=O) groups is 1. The molecule has 5 rings (SSSR count). The van der Waals surface area contributed by atoms with Gasteiger partial charge in [-0.1, -0.05) is 55.5 Å². The van der Waals surface area contributed by atoms with Gasteiger partial charge in [-0.2, -0.15) is 0 Å². The first kappa shape index (κ1) is 22.9. The molecule has 4 aromatic carbocycles. The van der Waals surface area contributed by atoms with E-state index in [1.54, 1.807) is 18.2 Å². The molecule has 6 nitrogen and oxygen atoms in total. The first-order valence-electron chi connectivity index (χ1n) is 11.7. The van der Waals surface area contributed by atoms with Crippen LogP contribution in [0.15, 0.2) is 103 Å². The molecule has 0 aliphatic carbocycles. The van der Waals surface area contributed by atoms with Crippen molar-refractivity contribution in [3.05, 3.63) is 124 Å². The van der Waals surface area contributed by atoms with Crippen molar-refractivity contribution >= 4 is 28.2 Å². The second-order valence-corrected chi connectivity index (χ2v) is 8.42. The summed E-state index contributed by atoms with van der Waals surface area (Å²) in [4.78, 5) is 28.6. The minimum Gasteiger partial charge on any atom is -0.322 e. The predicted octanol–water partition coefficient (Wildman–Crippen LogP) is 7.29. The number of para-hydroxylation sites is 1. The summed E-state index contributed by atoms with van der Waals surface area (Å²) >= 11 is 0. The molecule has 0 saturated heterocycles. The largest absolute Gasteiger partial charge is 0.322 e. The third kappa shape index (κ3) is 4.57. The lowest BCUT2D eigenvalue weighted by molar-refractivity contribution is -0.384. The normalized spacial score (nSPS) is 10.8. The second-order valence-electron chi connectivity index (χ2n) is 8.42. The molecule has 1 amide bonds. The van der Waals surface area contributed by atoms with Crippen molar-refractivity contribution in [1.29, 1.82) is 0 Å². The summed E-state index contributed by atoms with van der Waals surface area (Å²) in [5.41, 5.74) is 6.57. The van der Waals surface area contributed by atoms with Crippen LogP contribution in [0.1, 0.15) is 22.8 Å². The summed E-state index contributed by atoms with van der Waals surface area (Å²) in [6.45, 7) is 2.06. The summed E-state index contributed by atoms with van der Waals surface area (Å²) in [7, 11) is 0. The Morgan fingerprint density at radius 1 is 0.861 bits per heavy atom. The Kier molecular flexibility index (Phi) is 6.24. The number of nitrogens with one attached hydrogen (secondary N) is 1. The number of carbonyl (C=O) groups excluding carboxylic acids is 1. The Balaban J connectivity index is 1.60. The summed E-state index contributed by atoms with van der Waals surface area (Å²) in [5, 5.41) is 14.9. The van der Waals surface area contributed by atoms with Crippen LogP contribution in [-0.4, -0.2) is 15.8 Å². The van der Waals surface area contributed by atoms with Crippen molar-refractivity contribution in [2.24, 2.45) is 0 Å². The number of anilines is 1. The molecule has 6 heteroatoms. The second kappa shape index (κ2) is 9.80. The molecule has 0 aliphatic rings. The van der Waals surface area contributed by atoms with E-state index in [2.05, 4.69) is 12.2 Å². The Morgan fingerprint density at radius 3 is 2.31 bits per heavy atom. The third-order valence-electron chi connectivity index (χ3n) is 6.18. The van der Waals surface area contributed by atoms with Gasteiger partial charge in [0.1, 0.15) is 0 Å². The highest BCUT2D eigenvalue weighted by molar-refractivity contribution is 6.08. The number of non-ortho nitro benzene ring substituents is 1. The fourth-order valence-electron chi connectivity index (χ4n) is 4.27. The first-order valence-corrected chi connectivity index (χ1v) is 11.7. The van der Waals surface area contributed by atoms with E-state index in [4.69, 9.17) is 4.98 Å². The molecule has 0 saturated carbocycles. The number of hydrogen-bond donors (Lipinski definition) is 1. The Morgan fingerprint density at radius 2 is 1.58 bits per heavy atom. The highest BCUT2D eigenvalue weighted by Crippen LogP contribution is 2.33. The lowest BCUT2D eigenvalue weighted by Gasteiger charge is -2.13. The van der Waals surface area contributed by atoms with Gasteiger partial charge < -0.3 is 5.32 Å². The number of aryl methyl sites for hydroxylation is 1. The predicted molar refractivity (Wildman–Crippen MR) is 143 cm³/mol. The quantitative estimate of drug-likeness (QED) is 0.207. The van der Waals surface area contributed by atoms with Crippen LogP contribution in [0.4, 0.5) is 11.4 Å². The molecule has 1 aromatic heterocycles. The monoisotopic (exact) mass is 473 g/mol. The van der Waals surface area contributed by atoms with Crippen LogP contribution in [0.5, 0.6) is 0 Å². The number of fused-ring (bicyclic) bond motifs is 1. The molecular formula is C30H23N3O3. The lowest BCUT2D eigenvalue weighted by atomic mass is 9.97. The average Bonchev–Trinajstić information content (AvgIpc) is 2.93. The number of amides is 1. The van der Waals surface area contributed by atoms with Gasteiger partial charge in [0.2, 0.25) is 0 Å². The van der Waals surface area contributed by atoms with E-state index in [1.807, 2.05) is 72.8 Å². The maximum absolute atomic E-state index is 13.2. The molecule has 1 N–H and O–H groups in total. The van der Waals surface area contributed by atoms with Gasteiger partial charge in [0.25, 0.3) is 11.6 Å². The van der Waals surface area contributed by atoms with Gasteiger partial charge in [-0.3, -0.25) is 14.9 Å². The van der Waals surface area contributed by atoms with Gasteiger partial charge in [-0.05, 0) is 65.6 Å². The van der Waals surface area contributed by atoms with Crippen LogP contribution in [-0.2, 0) is 6.42 Å². The number of nitro groups is 1. The molecule has 0 bridgehead atoms. The van der Waals surface area contributed by atoms with E-state index in [9.17, 15) is 14.9 Å². The van der Waals surface area contributed by atoms with E-state index >= 15 is 0 Å². The average molecular weight is 474 g/mol. The molecule has 1 heterocycles. The minimum absolute atomic E-state index is 0.0307. The van der Waals surface area contributed by atoms with E-state index in [1.165, 1.54) is 12.1 Å². The molecular weight excluding hydrogens is 450 g/mol. The Hall–Kier alpha value is -4.84. The number of aromatic nitrogens is 1. The van der Waals surface area contributed by atoms with Crippen LogP contribution in [0.25, 0.3) is 33.3 Å². The molecule has 0 spiro atoms. The van der Waals surface area contributed by atoms with Crippen molar-refractivity contribution in [2.75, 3.05) is 5.32 Å². The van der Waals surface area contributed by atoms with Crippen LogP contribution in [0, 0.1) is 10.1 Å². The number of nitro benzene ring substituents is 1. The number of benzene rings is 4. The molecule has 0 unspecified atom stereocenters. The minimum atomic E-state index is -0.418. The lowest BCUT2D eigenvalue weighted by Crippen LogP contribution is -2.13. The van der Waals surface area contributed by atoms with Crippen LogP contribution >= 0.6 is 0 Å². The maximum atomic E-state index is 13.2. The molecule has 0 fully saturated rings. The van der Waals surface area contributed by atoms with Crippen molar-refractivity contribution in [3.8, 4) is 22.4 Å². The fourth-order valence-corrected chi connectivity index (χ4v) is 4.27. The van der Waals surface area contributed by atoms with Gasteiger partial charge in [-0.15, -0.1) is 0 Å². The van der Waals surface area contributed by atoms with Gasteiger partial charge in [0, 0.05) is 34.3 Å². The van der Waals surface area contributed by atoms with E-state index in [-0.39, 0.29) is 11.6 Å². The van der Waals surface area contributed by atoms with Crippen LogP contribution in [0.2, 0.25) is 0 Å². The number of hydrogen-bond acceptors (Lipinski definition) is 4. The zero-order valence-corrected chi connectivity index (χ0v) is 19.6. The number of nitrogens with zero attached hydrogens (tertiary/aromatic N) is 2. The van der Waals surface area contributed by atoms with Gasteiger partial charge in [0.15, 0.2) is 0 Å². The summed E-state index contributed by atoms with van der Waals surface area (Å²) < 4.78 is 0. The SMILES string of the molecule is CCc1ccccc1NC(=O)c1ccc2nc(-c3ccc([N+](=O)[O-])cc3)cc(-c3ccccc3)c2c1. The van der Waals surface area contributed by atoms with E-state index < -0.39 is 4.92 Å². The van der Waals surface area contributed by atoms with Crippen molar-refractivity contribution in [2.45, 2.75) is 13.3 Å². The van der Waals surface area contributed by atoms with Crippen molar-refractivity contribution < 1.29 is 9.72 Å². The van der Waals surface area contributed by atoms with Gasteiger partial charge in [0.05, 0.1) is 16.1 Å². The summed E-state index contributed by atoms with van der Waals surface area (Å²) in [5.74, 6) is -0.184. The zero-order chi connectivity index (χ0) is 25.1. The Labute approximate surface area is 208 Å². The highest BCUT2D eigenvalue weighted by atomic mass is 16.6. The van der Waals surface area contributed by atoms with E-state index in [0.29, 0.717) is 11.3 Å².